The van der Waals surface area contributed by atoms with Gasteiger partial charge in [-0.25, -0.2) is 4.98 Å². The third-order valence-corrected chi connectivity index (χ3v) is 2.68. The maximum Gasteiger partial charge on any atom is 0.245 e. The molecule has 1 aromatic heterocycles. The summed E-state index contributed by atoms with van der Waals surface area (Å²) >= 11 is 0. The monoisotopic (exact) mass is 254 g/mol. The molecule has 0 aromatic carbocycles. The molecular weight excluding hydrogens is 232 g/mol. The highest BCUT2D eigenvalue weighted by Gasteiger charge is 2.13. The molecule has 102 valence electrons. The van der Waals surface area contributed by atoms with Crippen LogP contribution < -0.4 is 4.90 Å². The number of likely N-dealkylation sites (N-methyl/N-ethyl adjacent to an activating group) is 1. The van der Waals surface area contributed by atoms with Crippen LogP contribution in [0.25, 0.3) is 0 Å². The fraction of sp³-hybridized carbons (Fsp3) is 0.750. The minimum Gasteiger partial charge on any atom is -0.389 e. The van der Waals surface area contributed by atoms with Gasteiger partial charge in [0.25, 0.3) is 0 Å². The van der Waals surface area contributed by atoms with E-state index in [1.54, 1.807) is 12.0 Å². The fourth-order valence-electron chi connectivity index (χ4n) is 1.73. The highest BCUT2D eigenvalue weighted by Crippen LogP contribution is 2.10. The van der Waals surface area contributed by atoms with Crippen molar-refractivity contribution >= 4 is 5.95 Å². The van der Waals surface area contributed by atoms with E-state index in [-0.39, 0.29) is 0 Å². The van der Waals surface area contributed by atoms with Gasteiger partial charge in [-0.1, -0.05) is 13.8 Å². The summed E-state index contributed by atoms with van der Waals surface area (Å²) < 4.78 is 4.89. The quantitative estimate of drug-likeness (QED) is 0.761. The molecule has 1 heterocycles. The molecule has 18 heavy (non-hydrogen) atoms. The first-order valence-electron chi connectivity index (χ1n) is 6.22. The lowest BCUT2D eigenvalue weighted by molar-refractivity contribution is 0.0693. The number of aromatic nitrogens is 3. The summed E-state index contributed by atoms with van der Waals surface area (Å²) in [6.07, 6.45) is 1.11. The van der Waals surface area contributed by atoms with Gasteiger partial charge in [-0.15, -0.1) is 5.10 Å². The van der Waals surface area contributed by atoms with Gasteiger partial charge < -0.3 is 14.7 Å². The number of aliphatic hydroxyl groups is 1. The summed E-state index contributed by atoms with van der Waals surface area (Å²) in [5.74, 6) is 0.541. The van der Waals surface area contributed by atoms with Crippen molar-refractivity contribution in [1.29, 1.82) is 0 Å². The zero-order valence-corrected chi connectivity index (χ0v) is 11.6. The van der Waals surface area contributed by atoms with Gasteiger partial charge in [0.15, 0.2) is 0 Å². The van der Waals surface area contributed by atoms with Crippen molar-refractivity contribution in [1.82, 2.24) is 15.2 Å². The Labute approximate surface area is 108 Å². The maximum absolute atomic E-state index is 9.67. The number of rotatable bonds is 7. The van der Waals surface area contributed by atoms with Crippen LogP contribution in [0.1, 0.15) is 25.2 Å². The predicted molar refractivity (Wildman–Crippen MR) is 69.7 cm³/mol. The lowest BCUT2D eigenvalue weighted by Crippen LogP contribution is -2.33. The Hall–Kier alpha value is -1.27. The van der Waals surface area contributed by atoms with Crippen molar-refractivity contribution in [2.75, 3.05) is 32.2 Å². The van der Waals surface area contributed by atoms with Crippen molar-refractivity contribution < 1.29 is 9.84 Å². The summed E-state index contributed by atoms with van der Waals surface area (Å²) in [6, 6.07) is 0. The fourth-order valence-corrected chi connectivity index (χ4v) is 1.73. The Morgan fingerprint density at radius 3 is 2.44 bits per heavy atom. The molecule has 0 aliphatic carbocycles. The minimum absolute atomic E-state index is 0.297. The van der Waals surface area contributed by atoms with Crippen LogP contribution in [0.4, 0.5) is 5.95 Å². The van der Waals surface area contributed by atoms with Crippen LogP contribution in [0.2, 0.25) is 0 Å². The van der Waals surface area contributed by atoms with Crippen LogP contribution in [-0.4, -0.2) is 53.7 Å². The minimum atomic E-state index is -0.556. The number of aryl methyl sites for hydroxylation is 2. The second-order valence-corrected chi connectivity index (χ2v) is 4.20. The molecule has 1 unspecified atom stereocenters. The molecule has 6 nitrogen and oxygen atoms in total. The largest absolute Gasteiger partial charge is 0.389 e. The Balaban J connectivity index is 2.76. The number of hydrogen-bond acceptors (Lipinski definition) is 6. The Bertz CT molecular complexity index is 373. The Morgan fingerprint density at radius 2 is 1.89 bits per heavy atom. The van der Waals surface area contributed by atoms with Crippen LogP contribution in [0.3, 0.4) is 0 Å². The highest BCUT2D eigenvalue weighted by molar-refractivity contribution is 5.29. The van der Waals surface area contributed by atoms with Crippen molar-refractivity contribution in [3.05, 3.63) is 11.4 Å². The van der Waals surface area contributed by atoms with E-state index >= 15 is 0 Å². The Kier molecular flexibility index (Phi) is 5.94. The molecule has 0 aliphatic heterocycles. The van der Waals surface area contributed by atoms with Crippen LogP contribution in [0, 0.1) is 0 Å². The number of ether oxygens (including phenoxy) is 1. The third kappa shape index (κ3) is 3.89. The molecule has 0 radical (unpaired) electrons. The second-order valence-electron chi connectivity index (χ2n) is 4.20. The van der Waals surface area contributed by atoms with E-state index in [1.807, 2.05) is 20.9 Å². The molecule has 1 rings (SSSR count). The molecular formula is C12H22N4O2. The molecule has 0 bridgehead atoms. The van der Waals surface area contributed by atoms with E-state index in [9.17, 15) is 5.11 Å². The van der Waals surface area contributed by atoms with Gasteiger partial charge in [0.05, 0.1) is 24.1 Å². The lowest BCUT2D eigenvalue weighted by Gasteiger charge is -2.20. The summed E-state index contributed by atoms with van der Waals surface area (Å²) in [5, 5.41) is 17.9. The number of methoxy groups -OCH3 is 1. The summed E-state index contributed by atoms with van der Waals surface area (Å²) in [7, 11) is 3.40. The molecule has 0 aliphatic rings. The van der Waals surface area contributed by atoms with Crippen LogP contribution in [-0.2, 0) is 17.6 Å². The van der Waals surface area contributed by atoms with Crippen LogP contribution >= 0.6 is 0 Å². The van der Waals surface area contributed by atoms with Gasteiger partial charge in [-0.05, 0) is 12.8 Å². The van der Waals surface area contributed by atoms with E-state index in [2.05, 4.69) is 15.2 Å². The summed E-state index contributed by atoms with van der Waals surface area (Å²) in [4.78, 5) is 6.26. The van der Waals surface area contributed by atoms with E-state index in [0.29, 0.717) is 19.1 Å². The lowest BCUT2D eigenvalue weighted by atomic mass is 10.2. The van der Waals surface area contributed by atoms with Gasteiger partial charge in [-0.2, -0.15) is 5.10 Å². The van der Waals surface area contributed by atoms with Gasteiger partial charge in [0.2, 0.25) is 5.95 Å². The van der Waals surface area contributed by atoms with Gasteiger partial charge >= 0.3 is 0 Å². The second kappa shape index (κ2) is 7.23. The molecule has 0 saturated heterocycles. The average Bonchev–Trinajstić information content (AvgIpc) is 2.38. The third-order valence-electron chi connectivity index (χ3n) is 2.68. The average molecular weight is 254 g/mol. The molecule has 0 fully saturated rings. The normalized spacial score (nSPS) is 12.5. The topological polar surface area (TPSA) is 71.4 Å². The molecule has 0 saturated carbocycles. The van der Waals surface area contributed by atoms with Gasteiger partial charge in [0, 0.05) is 20.7 Å². The molecule has 1 atom stereocenters. The zero-order chi connectivity index (χ0) is 13.5. The van der Waals surface area contributed by atoms with Crippen molar-refractivity contribution in [2.24, 2.45) is 0 Å². The summed E-state index contributed by atoms with van der Waals surface area (Å²) in [5.41, 5.74) is 1.91. The number of hydrogen-bond donors (Lipinski definition) is 1. The van der Waals surface area contributed by atoms with Crippen LogP contribution in [0.5, 0.6) is 0 Å². The Morgan fingerprint density at radius 1 is 1.22 bits per heavy atom. The SMILES string of the molecule is CCc1nnc(N(C)CC(O)COC)nc1CC. The standard InChI is InChI=1S/C12H22N4O2/c1-5-10-11(6-2)14-15-12(13-10)16(3)7-9(17)8-18-4/h9,17H,5-8H2,1-4H3. The van der Waals surface area contributed by atoms with Gasteiger partial charge in [0.1, 0.15) is 0 Å². The number of aliphatic hydroxyl groups excluding tert-OH is 1. The highest BCUT2D eigenvalue weighted by atomic mass is 16.5. The molecule has 1 aromatic rings. The van der Waals surface area contributed by atoms with E-state index in [4.69, 9.17) is 4.74 Å². The number of anilines is 1. The van der Waals surface area contributed by atoms with Crippen molar-refractivity contribution in [2.45, 2.75) is 32.8 Å². The molecule has 1 N–H and O–H groups in total. The van der Waals surface area contributed by atoms with Gasteiger partial charge in [-0.3, -0.25) is 0 Å². The zero-order valence-electron chi connectivity index (χ0n) is 11.6. The van der Waals surface area contributed by atoms with Crippen molar-refractivity contribution in [3.8, 4) is 0 Å². The molecule has 6 heteroatoms. The number of nitrogens with zero attached hydrogens (tertiary/aromatic N) is 4. The molecule has 0 amide bonds. The first kappa shape index (κ1) is 14.8. The van der Waals surface area contributed by atoms with E-state index in [0.717, 1.165) is 24.2 Å². The summed E-state index contributed by atoms with van der Waals surface area (Å²) in [6.45, 7) is 4.80. The molecule has 0 spiro atoms. The smallest absolute Gasteiger partial charge is 0.245 e. The predicted octanol–water partition coefficient (Wildman–Crippen LogP) is 0.440. The van der Waals surface area contributed by atoms with Crippen molar-refractivity contribution in [3.63, 3.8) is 0 Å². The van der Waals surface area contributed by atoms with Crippen LogP contribution in [0.15, 0.2) is 0 Å². The maximum atomic E-state index is 9.67. The van der Waals surface area contributed by atoms with E-state index < -0.39 is 6.10 Å². The first-order chi connectivity index (χ1) is 8.62. The first-order valence-corrected chi connectivity index (χ1v) is 6.22. The van der Waals surface area contributed by atoms with E-state index in [1.165, 1.54) is 0 Å².